The van der Waals surface area contributed by atoms with Crippen LogP contribution in [0.25, 0.3) is 0 Å². The fourth-order valence-electron chi connectivity index (χ4n) is 2.25. The molecule has 0 atom stereocenters. The third kappa shape index (κ3) is 3.77. The van der Waals surface area contributed by atoms with Gasteiger partial charge in [0.1, 0.15) is 0 Å². The van der Waals surface area contributed by atoms with Gasteiger partial charge < -0.3 is 9.64 Å². The van der Waals surface area contributed by atoms with Crippen molar-refractivity contribution in [2.75, 3.05) is 35.9 Å². The molecule has 0 spiro atoms. The van der Waals surface area contributed by atoms with Gasteiger partial charge in [0.25, 0.3) is 10.0 Å². The lowest BCUT2D eigenvalue weighted by molar-refractivity contribution is 0.122. The molecule has 122 valence electrons. The predicted molar refractivity (Wildman–Crippen MR) is 87.1 cm³/mol. The third-order valence-corrected chi connectivity index (χ3v) is 4.93. The number of aromatic nitrogens is 2. The van der Waals surface area contributed by atoms with E-state index in [2.05, 4.69) is 19.8 Å². The van der Waals surface area contributed by atoms with Gasteiger partial charge in [-0.15, -0.1) is 10.2 Å². The van der Waals surface area contributed by atoms with Crippen LogP contribution in [0.4, 0.5) is 11.6 Å². The van der Waals surface area contributed by atoms with Gasteiger partial charge in [-0.3, -0.25) is 4.72 Å². The van der Waals surface area contributed by atoms with Crippen molar-refractivity contribution in [3.05, 3.63) is 42.0 Å². The fourth-order valence-corrected chi connectivity index (χ4v) is 3.25. The van der Waals surface area contributed by atoms with Crippen LogP contribution in [-0.2, 0) is 14.8 Å². The first-order valence-corrected chi connectivity index (χ1v) is 8.79. The van der Waals surface area contributed by atoms with Crippen LogP contribution < -0.4 is 9.62 Å². The van der Waals surface area contributed by atoms with E-state index in [1.54, 1.807) is 36.4 Å². The summed E-state index contributed by atoms with van der Waals surface area (Å²) in [6, 6.07) is 10.00. The fraction of sp³-hybridized carbons (Fsp3) is 0.333. The maximum atomic E-state index is 12.3. The van der Waals surface area contributed by atoms with E-state index in [-0.39, 0.29) is 10.7 Å². The van der Waals surface area contributed by atoms with Crippen molar-refractivity contribution in [3.8, 4) is 0 Å². The van der Waals surface area contributed by atoms with Crippen molar-refractivity contribution in [2.24, 2.45) is 0 Å². The molecule has 0 bridgehead atoms. The van der Waals surface area contributed by atoms with E-state index in [0.717, 1.165) is 18.7 Å². The topological polar surface area (TPSA) is 84.4 Å². The molecule has 0 saturated carbocycles. The molecular formula is C15H18N4O3S. The minimum absolute atomic E-state index is 0.196. The van der Waals surface area contributed by atoms with Gasteiger partial charge in [0.2, 0.25) is 0 Å². The van der Waals surface area contributed by atoms with Gasteiger partial charge >= 0.3 is 0 Å². The molecular weight excluding hydrogens is 316 g/mol. The number of anilines is 2. The number of rotatable bonds is 4. The molecule has 1 aliphatic rings. The van der Waals surface area contributed by atoms with E-state index in [0.29, 0.717) is 19.0 Å². The van der Waals surface area contributed by atoms with E-state index in [9.17, 15) is 8.42 Å². The smallest absolute Gasteiger partial charge is 0.263 e. The minimum Gasteiger partial charge on any atom is -0.378 e. The molecule has 0 radical (unpaired) electrons. The van der Waals surface area contributed by atoms with Crippen molar-refractivity contribution in [2.45, 2.75) is 11.8 Å². The summed E-state index contributed by atoms with van der Waals surface area (Å²) in [5, 5.41) is 8.05. The quantitative estimate of drug-likeness (QED) is 0.910. The number of hydrogen-bond donors (Lipinski definition) is 1. The lowest BCUT2D eigenvalue weighted by Crippen LogP contribution is -2.36. The van der Waals surface area contributed by atoms with Crippen LogP contribution in [0.1, 0.15) is 5.56 Å². The van der Waals surface area contributed by atoms with Crippen molar-refractivity contribution >= 4 is 21.7 Å². The number of benzene rings is 1. The van der Waals surface area contributed by atoms with E-state index in [1.165, 1.54) is 0 Å². The molecule has 1 aliphatic heterocycles. The van der Waals surface area contributed by atoms with E-state index in [4.69, 9.17) is 4.74 Å². The summed E-state index contributed by atoms with van der Waals surface area (Å²) in [4.78, 5) is 2.25. The predicted octanol–water partition coefficient (Wildman–Crippen LogP) is 1.42. The number of nitrogens with one attached hydrogen (secondary N) is 1. The average molecular weight is 334 g/mol. The molecule has 1 aromatic heterocycles. The van der Waals surface area contributed by atoms with Gasteiger partial charge in [0.15, 0.2) is 11.6 Å². The molecule has 8 heteroatoms. The number of ether oxygens (including phenoxy) is 1. The van der Waals surface area contributed by atoms with Gasteiger partial charge in [-0.2, -0.15) is 0 Å². The molecule has 1 fully saturated rings. The SMILES string of the molecule is Cc1ccc(S(=O)(=O)Nc2ccc(N3CCOCC3)nn2)cc1. The summed E-state index contributed by atoms with van der Waals surface area (Å²) in [5.74, 6) is 0.911. The van der Waals surface area contributed by atoms with Crippen LogP contribution in [0, 0.1) is 6.92 Å². The molecule has 1 saturated heterocycles. The molecule has 1 aromatic carbocycles. The Labute approximate surface area is 135 Å². The van der Waals surface area contributed by atoms with Crippen molar-refractivity contribution in [1.29, 1.82) is 0 Å². The maximum Gasteiger partial charge on any atom is 0.263 e. The van der Waals surface area contributed by atoms with Crippen LogP contribution in [0.2, 0.25) is 0 Å². The van der Waals surface area contributed by atoms with Gasteiger partial charge in [-0.25, -0.2) is 8.42 Å². The zero-order valence-corrected chi connectivity index (χ0v) is 13.6. The summed E-state index contributed by atoms with van der Waals surface area (Å²) in [6.07, 6.45) is 0. The maximum absolute atomic E-state index is 12.3. The highest BCUT2D eigenvalue weighted by atomic mass is 32.2. The van der Waals surface area contributed by atoms with E-state index in [1.807, 2.05) is 6.92 Å². The first-order valence-electron chi connectivity index (χ1n) is 7.30. The largest absolute Gasteiger partial charge is 0.378 e. The van der Waals surface area contributed by atoms with Crippen molar-refractivity contribution < 1.29 is 13.2 Å². The molecule has 0 aliphatic carbocycles. The average Bonchev–Trinajstić information content (AvgIpc) is 2.56. The summed E-state index contributed by atoms with van der Waals surface area (Å²) in [6.45, 7) is 4.72. The van der Waals surface area contributed by atoms with E-state index < -0.39 is 10.0 Å². The summed E-state index contributed by atoms with van der Waals surface area (Å²) in [7, 11) is -3.65. The minimum atomic E-state index is -3.65. The molecule has 0 amide bonds. The van der Waals surface area contributed by atoms with Crippen LogP contribution in [0.5, 0.6) is 0 Å². The Hall–Kier alpha value is -2.19. The Balaban J connectivity index is 1.73. The number of morpholine rings is 1. The second-order valence-corrected chi connectivity index (χ2v) is 6.98. The molecule has 2 heterocycles. The number of hydrogen-bond acceptors (Lipinski definition) is 6. The van der Waals surface area contributed by atoms with Crippen molar-refractivity contribution in [3.63, 3.8) is 0 Å². The van der Waals surface area contributed by atoms with Gasteiger partial charge in [0.05, 0.1) is 18.1 Å². The Kier molecular flexibility index (Phi) is 4.44. The first-order chi connectivity index (χ1) is 11.0. The zero-order valence-electron chi connectivity index (χ0n) is 12.8. The Morgan fingerprint density at radius 1 is 1.04 bits per heavy atom. The third-order valence-electron chi connectivity index (χ3n) is 3.56. The van der Waals surface area contributed by atoms with Crippen LogP contribution in [0.3, 0.4) is 0 Å². The highest BCUT2D eigenvalue weighted by Crippen LogP contribution is 2.17. The summed E-state index contributed by atoms with van der Waals surface area (Å²) >= 11 is 0. The summed E-state index contributed by atoms with van der Waals surface area (Å²) in [5.41, 5.74) is 0.999. The van der Waals surface area contributed by atoms with Crippen LogP contribution >= 0.6 is 0 Å². The number of nitrogens with zero attached hydrogens (tertiary/aromatic N) is 3. The molecule has 1 N–H and O–H groups in total. The highest BCUT2D eigenvalue weighted by molar-refractivity contribution is 7.92. The summed E-state index contributed by atoms with van der Waals surface area (Å²) < 4.78 is 32.3. The molecule has 3 rings (SSSR count). The van der Waals surface area contributed by atoms with Crippen molar-refractivity contribution in [1.82, 2.24) is 10.2 Å². The first kappa shape index (κ1) is 15.7. The highest BCUT2D eigenvalue weighted by Gasteiger charge is 2.16. The Morgan fingerprint density at radius 2 is 1.74 bits per heavy atom. The second kappa shape index (κ2) is 6.51. The van der Waals surface area contributed by atoms with Gasteiger partial charge in [0, 0.05) is 13.1 Å². The molecule has 7 nitrogen and oxygen atoms in total. The number of aryl methyl sites for hydroxylation is 1. The second-order valence-electron chi connectivity index (χ2n) is 5.29. The Bertz CT molecular complexity index is 754. The molecule has 2 aromatic rings. The zero-order chi connectivity index (χ0) is 16.3. The monoisotopic (exact) mass is 334 g/mol. The molecule has 23 heavy (non-hydrogen) atoms. The lowest BCUT2D eigenvalue weighted by Gasteiger charge is -2.27. The Morgan fingerprint density at radius 3 is 2.35 bits per heavy atom. The van der Waals surface area contributed by atoms with Gasteiger partial charge in [-0.05, 0) is 31.2 Å². The lowest BCUT2D eigenvalue weighted by atomic mass is 10.2. The normalized spacial score (nSPS) is 15.4. The molecule has 0 unspecified atom stereocenters. The number of sulfonamides is 1. The van der Waals surface area contributed by atoms with Crippen LogP contribution in [0.15, 0.2) is 41.3 Å². The van der Waals surface area contributed by atoms with Gasteiger partial charge in [-0.1, -0.05) is 17.7 Å². The van der Waals surface area contributed by atoms with Crippen LogP contribution in [-0.4, -0.2) is 44.9 Å². The van der Waals surface area contributed by atoms with E-state index >= 15 is 0 Å². The standard InChI is InChI=1S/C15H18N4O3S/c1-12-2-4-13(5-3-12)23(20,21)18-14-6-7-15(17-16-14)19-8-10-22-11-9-19/h2-7H,8-11H2,1H3,(H,16,18).